The predicted molar refractivity (Wildman–Crippen MR) is 97.3 cm³/mol. The zero-order valence-electron chi connectivity index (χ0n) is 15.2. The number of amides is 3. The van der Waals surface area contributed by atoms with Crippen molar-refractivity contribution in [1.82, 2.24) is 4.90 Å². The van der Waals surface area contributed by atoms with Crippen LogP contribution in [0.15, 0.2) is 30.3 Å². The lowest BCUT2D eigenvalue weighted by molar-refractivity contribution is 0.0682. The first kappa shape index (κ1) is 18.9. The number of carboxylic acid groups (broad SMARTS) is 1. The van der Waals surface area contributed by atoms with Gasteiger partial charge in [-0.1, -0.05) is 0 Å². The SMILES string of the molecule is COc1cc(NC(=O)c2ccc3c(c2)C(=O)N(C)C3=O)c(C(=O)O)cc1OC. The summed E-state index contributed by atoms with van der Waals surface area (Å²) in [5, 5.41) is 11.9. The molecule has 0 atom stereocenters. The van der Waals surface area contributed by atoms with Gasteiger partial charge >= 0.3 is 5.97 Å². The van der Waals surface area contributed by atoms with Crippen molar-refractivity contribution in [1.29, 1.82) is 0 Å². The molecule has 2 aromatic carbocycles. The molecular formula is C19H16N2O7. The second-order valence-electron chi connectivity index (χ2n) is 5.94. The van der Waals surface area contributed by atoms with Crippen LogP contribution in [0.25, 0.3) is 0 Å². The molecule has 0 bridgehead atoms. The van der Waals surface area contributed by atoms with Crippen LogP contribution in [0.3, 0.4) is 0 Å². The van der Waals surface area contributed by atoms with Gasteiger partial charge in [0.15, 0.2) is 11.5 Å². The molecule has 0 aliphatic carbocycles. The van der Waals surface area contributed by atoms with Crippen molar-refractivity contribution in [2.24, 2.45) is 0 Å². The van der Waals surface area contributed by atoms with E-state index in [4.69, 9.17) is 9.47 Å². The second-order valence-corrected chi connectivity index (χ2v) is 5.94. The van der Waals surface area contributed by atoms with Crippen molar-refractivity contribution in [3.8, 4) is 11.5 Å². The molecule has 0 spiro atoms. The molecule has 2 N–H and O–H groups in total. The van der Waals surface area contributed by atoms with Crippen LogP contribution in [0.4, 0.5) is 5.69 Å². The predicted octanol–water partition coefficient (Wildman–Crippen LogP) is 1.88. The van der Waals surface area contributed by atoms with Gasteiger partial charge in [-0.15, -0.1) is 0 Å². The molecule has 9 heteroatoms. The molecule has 28 heavy (non-hydrogen) atoms. The normalized spacial score (nSPS) is 12.6. The van der Waals surface area contributed by atoms with Crippen LogP contribution in [-0.2, 0) is 0 Å². The molecule has 0 saturated carbocycles. The van der Waals surface area contributed by atoms with Crippen LogP contribution in [0.1, 0.15) is 41.4 Å². The first-order valence-corrected chi connectivity index (χ1v) is 8.05. The summed E-state index contributed by atoms with van der Waals surface area (Å²) in [5.41, 5.74) is 0.224. The molecule has 0 radical (unpaired) electrons. The van der Waals surface area contributed by atoms with Gasteiger partial charge in [-0.2, -0.15) is 0 Å². The number of rotatable bonds is 5. The number of ether oxygens (including phenoxy) is 2. The highest BCUT2D eigenvalue weighted by Crippen LogP contribution is 2.34. The Morgan fingerprint density at radius 1 is 0.964 bits per heavy atom. The molecule has 9 nitrogen and oxygen atoms in total. The summed E-state index contributed by atoms with van der Waals surface area (Å²) >= 11 is 0. The number of benzene rings is 2. The average molecular weight is 384 g/mol. The molecular weight excluding hydrogens is 368 g/mol. The van der Waals surface area contributed by atoms with Crippen molar-refractivity contribution in [2.45, 2.75) is 0 Å². The Labute approximate surface area is 159 Å². The Morgan fingerprint density at radius 2 is 1.57 bits per heavy atom. The number of fused-ring (bicyclic) bond motifs is 1. The van der Waals surface area contributed by atoms with E-state index in [1.807, 2.05) is 0 Å². The van der Waals surface area contributed by atoms with Gasteiger partial charge in [-0.25, -0.2) is 4.79 Å². The minimum absolute atomic E-state index is 0.00447. The third-order valence-corrected chi connectivity index (χ3v) is 4.35. The summed E-state index contributed by atoms with van der Waals surface area (Å²) < 4.78 is 10.2. The lowest BCUT2D eigenvalue weighted by Gasteiger charge is -2.14. The number of nitrogens with one attached hydrogen (secondary N) is 1. The average Bonchev–Trinajstić information content (AvgIpc) is 2.91. The number of nitrogens with zero attached hydrogens (tertiary/aromatic N) is 1. The number of methoxy groups -OCH3 is 2. The molecule has 2 aromatic rings. The molecule has 144 valence electrons. The van der Waals surface area contributed by atoms with Gasteiger partial charge in [-0.05, 0) is 18.2 Å². The van der Waals surface area contributed by atoms with Crippen LogP contribution in [-0.4, -0.2) is 55.0 Å². The second kappa shape index (κ2) is 7.03. The molecule has 3 amide bonds. The monoisotopic (exact) mass is 384 g/mol. The fourth-order valence-electron chi connectivity index (χ4n) is 2.86. The highest BCUT2D eigenvalue weighted by Gasteiger charge is 2.33. The lowest BCUT2D eigenvalue weighted by Crippen LogP contribution is -2.24. The van der Waals surface area contributed by atoms with Gasteiger partial charge in [0, 0.05) is 24.7 Å². The van der Waals surface area contributed by atoms with Crippen LogP contribution in [0, 0.1) is 0 Å². The van der Waals surface area contributed by atoms with Crippen molar-refractivity contribution in [3.63, 3.8) is 0 Å². The Morgan fingerprint density at radius 3 is 2.18 bits per heavy atom. The Hall–Kier alpha value is -3.88. The van der Waals surface area contributed by atoms with Crippen molar-refractivity contribution >= 4 is 29.4 Å². The minimum atomic E-state index is -1.27. The number of anilines is 1. The van der Waals surface area contributed by atoms with Crippen LogP contribution < -0.4 is 14.8 Å². The number of hydrogen-bond acceptors (Lipinski definition) is 6. The largest absolute Gasteiger partial charge is 0.493 e. The molecule has 0 saturated heterocycles. The number of carbonyl (C=O) groups is 4. The van der Waals surface area contributed by atoms with Crippen molar-refractivity contribution in [3.05, 3.63) is 52.6 Å². The summed E-state index contributed by atoms with van der Waals surface area (Å²) in [4.78, 5) is 49.2. The number of hydrogen-bond donors (Lipinski definition) is 2. The van der Waals surface area contributed by atoms with E-state index < -0.39 is 23.7 Å². The van der Waals surface area contributed by atoms with Crippen molar-refractivity contribution < 1.29 is 33.8 Å². The Bertz CT molecular complexity index is 1030. The van der Waals surface area contributed by atoms with Crippen LogP contribution in [0.2, 0.25) is 0 Å². The Balaban J connectivity index is 1.97. The van der Waals surface area contributed by atoms with Crippen LogP contribution >= 0.6 is 0 Å². The molecule has 0 fully saturated rings. The van der Waals surface area contributed by atoms with Gasteiger partial charge < -0.3 is 19.9 Å². The van der Waals surface area contributed by atoms with Gasteiger partial charge in [0.05, 0.1) is 36.6 Å². The minimum Gasteiger partial charge on any atom is -0.493 e. The maximum absolute atomic E-state index is 12.6. The van der Waals surface area contributed by atoms with Gasteiger partial charge in [0.2, 0.25) is 0 Å². The summed E-state index contributed by atoms with van der Waals surface area (Å²) in [6, 6.07) is 6.64. The maximum atomic E-state index is 12.6. The highest BCUT2D eigenvalue weighted by molar-refractivity contribution is 6.22. The van der Waals surface area contributed by atoms with Gasteiger partial charge in [0.25, 0.3) is 17.7 Å². The zero-order valence-corrected chi connectivity index (χ0v) is 15.2. The van der Waals surface area contributed by atoms with Gasteiger partial charge in [-0.3, -0.25) is 19.3 Å². The third-order valence-electron chi connectivity index (χ3n) is 4.35. The van der Waals surface area contributed by atoms with E-state index in [0.717, 1.165) is 4.90 Å². The molecule has 0 unspecified atom stereocenters. The molecule has 1 heterocycles. The van der Waals surface area contributed by atoms with Gasteiger partial charge in [0.1, 0.15) is 0 Å². The quantitative estimate of drug-likeness (QED) is 0.755. The van der Waals surface area contributed by atoms with E-state index in [-0.39, 0.29) is 39.4 Å². The highest BCUT2D eigenvalue weighted by atomic mass is 16.5. The zero-order chi connectivity index (χ0) is 20.6. The van der Waals surface area contributed by atoms with Crippen molar-refractivity contribution in [2.75, 3.05) is 26.6 Å². The lowest BCUT2D eigenvalue weighted by atomic mass is 10.0. The molecule has 1 aliphatic heterocycles. The molecule has 0 aromatic heterocycles. The first-order valence-electron chi connectivity index (χ1n) is 8.05. The topological polar surface area (TPSA) is 122 Å². The van der Waals surface area contributed by atoms with E-state index in [1.165, 1.54) is 51.6 Å². The van der Waals surface area contributed by atoms with Crippen LogP contribution in [0.5, 0.6) is 11.5 Å². The van der Waals surface area contributed by atoms with E-state index >= 15 is 0 Å². The third kappa shape index (κ3) is 3.02. The standard InChI is InChI=1S/C19H16N2O7/c1-21-17(23)10-5-4-9(6-11(10)18(21)24)16(22)20-13-8-15(28-3)14(27-2)7-12(13)19(25)26/h4-8H,1-3H3,(H,20,22)(H,25,26). The summed E-state index contributed by atoms with van der Waals surface area (Å²) in [6.45, 7) is 0. The molecule has 3 rings (SSSR count). The number of carbonyl (C=O) groups excluding carboxylic acids is 3. The number of carboxylic acids is 1. The summed E-state index contributed by atoms with van der Waals surface area (Å²) in [6.07, 6.45) is 0. The number of aromatic carboxylic acids is 1. The van der Waals surface area contributed by atoms with E-state index in [2.05, 4.69) is 5.32 Å². The Kier molecular flexibility index (Phi) is 4.74. The maximum Gasteiger partial charge on any atom is 0.337 e. The smallest absolute Gasteiger partial charge is 0.337 e. The van der Waals surface area contributed by atoms with E-state index in [1.54, 1.807) is 0 Å². The van der Waals surface area contributed by atoms with E-state index in [0.29, 0.717) is 0 Å². The number of imide groups is 1. The summed E-state index contributed by atoms with van der Waals surface area (Å²) in [5.74, 6) is -2.44. The van der Waals surface area contributed by atoms with E-state index in [9.17, 15) is 24.3 Å². The molecule has 1 aliphatic rings. The summed E-state index contributed by atoms with van der Waals surface area (Å²) in [7, 11) is 4.10. The first-order chi connectivity index (χ1) is 13.3. The fourth-order valence-corrected chi connectivity index (χ4v) is 2.86. The fraction of sp³-hybridized carbons (Fsp3) is 0.158.